The molecule has 1 aliphatic rings. The summed E-state index contributed by atoms with van der Waals surface area (Å²) >= 11 is 0. The van der Waals surface area contributed by atoms with E-state index in [-0.39, 0.29) is 24.8 Å². The highest BCUT2D eigenvalue weighted by Gasteiger charge is 2.24. The molecule has 1 fully saturated rings. The number of fused-ring (bicyclic) bond motifs is 2. The highest BCUT2D eigenvalue weighted by Crippen LogP contribution is 2.31. The molecule has 0 atom stereocenters. The lowest BCUT2D eigenvalue weighted by molar-refractivity contribution is -0.646. The quantitative estimate of drug-likeness (QED) is 0.115. The van der Waals surface area contributed by atoms with E-state index in [1.54, 1.807) is 29.1 Å². The fourth-order valence-corrected chi connectivity index (χ4v) is 6.32. The summed E-state index contributed by atoms with van der Waals surface area (Å²) in [6.07, 6.45) is 5.59. The number of methoxy groups -OCH3 is 1. The van der Waals surface area contributed by atoms with Crippen molar-refractivity contribution in [3.05, 3.63) is 81.9 Å². The molecule has 3 aromatic heterocycles. The zero-order valence-corrected chi connectivity index (χ0v) is 29.3. The van der Waals surface area contributed by atoms with Crippen LogP contribution in [-0.2, 0) is 29.7 Å². The first-order valence-corrected chi connectivity index (χ1v) is 17.0. The monoisotopic (exact) mass is 683 g/mol. The Hall–Kier alpha value is -5.30. The van der Waals surface area contributed by atoms with Gasteiger partial charge in [0.15, 0.2) is 0 Å². The fraction of sp³-hybridized carbons (Fsp3) is 0.378. The van der Waals surface area contributed by atoms with E-state index in [0.717, 1.165) is 72.6 Å². The number of aryl methyl sites for hydroxylation is 2. The SMILES string of the molecule is CCN(CC)c1ccc2cc(/C=C/c3cc(N4CCN(C)CC4)c4cc(F)c(NCc5cn(CCC(=O)OC)nn5)cc4[n+]3C)c(=O)oc2c1. The first kappa shape index (κ1) is 34.6. The fourth-order valence-electron chi connectivity index (χ4n) is 6.32. The van der Waals surface area contributed by atoms with Gasteiger partial charge in [-0.25, -0.2) is 9.18 Å². The van der Waals surface area contributed by atoms with Crippen molar-refractivity contribution >= 4 is 57.1 Å². The summed E-state index contributed by atoms with van der Waals surface area (Å²) < 4.78 is 29.7. The number of likely N-dealkylation sites (N-methyl/N-ethyl adjacent to an activating group) is 1. The van der Waals surface area contributed by atoms with Crippen LogP contribution in [0.4, 0.5) is 21.5 Å². The third-order valence-electron chi connectivity index (χ3n) is 9.37. The molecular formula is C37H44FN8O4+. The topological polar surface area (TPSA) is 113 Å². The number of carbonyl (C=O) groups is 1. The predicted octanol–water partition coefficient (Wildman–Crippen LogP) is 4.44. The van der Waals surface area contributed by atoms with E-state index < -0.39 is 5.63 Å². The second kappa shape index (κ2) is 15.1. The molecule has 1 N–H and O–H groups in total. The highest BCUT2D eigenvalue weighted by molar-refractivity contribution is 5.93. The lowest BCUT2D eigenvalue weighted by Gasteiger charge is -2.34. The first-order valence-electron chi connectivity index (χ1n) is 17.0. The van der Waals surface area contributed by atoms with E-state index in [1.165, 1.54) is 7.11 Å². The summed E-state index contributed by atoms with van der Waals surface area (Å²) in [7, 11) is 5.38. The molecule has 2 aromatic carbocycles. The van der Waals surface area contributed by atoms with Crippen molar-refractivity contribution in [3.63, 3.8) is 0 Å². The minimum Gasteiger partial charge on any atom is -0.469 e. The lowest BCUT2D eigenvalue weighted by atomic mass is 10.1. The van der Waals surface area contributed by atoms with E-state index in [9.17, 15) is 9.59 Å². The number of piperazine rings is 1. The number of rotatable bonds is 12. The molecular weight excluding hydrogens is 639 g/mol. The van der Waals surface area contributed by atoms with Crippen molar-refractivity contribution in [2.75, 3.05) is 68.5 Å². The van der Waals surface area contributed by atoms with Crippen molar-refractivity contribution < 1.29 is 22.9 Å². The van der Waals surface area contributed by atoms with E-state index in [1.807, 2.05) is 42.0 Å². The molecule has 262 valence electrons. The molecule has 5 aromatic rings. The van der Waals surface area contributed by atoms with E-state index >= 15 is 4.39 Å². The molecule has 0 amide bonds. The number of benzene rings is 2. The van der Waals surface area contributed by atoms with Gasteiger partial charge in [0.05, 0.1) is 55.1 Å². The lowest BCUT2D eigenvalue weighted by Crippen LogP contribution is -2.45. The van der Waals surface area contributed by atoms with Crippen molar-refractivity contribution in [1.29, 1.82) is 0 Å². The molecule has 0 unspecified atom stereocenters. The molecule has 13 heteroatoms. The smallest absolute Gasteiger partial charge is 0.343 e. The Labute approximate surface area is 290 Å². The molecule has 6 rings (SSSR count). The molecule has 0 saturated carbocycles. The van der Waals surface area contributed by atoms with Crippen LogP contribution in [0.3, 0.4) is 0 Å². The Morgan fingerprint density at radius 3 is 2.62 bits per heavy atom. The van der Waals surface area contributed by atoms with Crippen LogP contribution in [0.15, 0.2) is 57.9 Å². The van der Waals surface area contributed by atoms with Crippen molar-refractivity contribution in [3.8, 4) is 0 Å². The van der Waals surface area contributed by atoms with E-state index in [2.05, 4.69) is 57.3 Å². The van der Waals surface area contributed by atoms with Crippen LogP contribution in [0, 0.1) is 5.82 Å². The van der Waals surface area contributed by atoms with Crippen LogP contribution in [0.1, 0.15) is 37.2 Å². The van der Waals surface area contributed by atoms with Gasteiger partial charge in [-0.15, -0.1) is 5.10 Å². The number of anilines is 3. The van der Waals surface area contributed by atoms with Gasteiger partial charge in [0.1, 0.15) is 24.1 Å². The summed E-state index contributed by atoms with van der Waals surface area (Å²) in [5, 5.41) is 13.0. The Balaban J connectivity index is 1.33. The van der Waals surface area contributed by atoms with Gasteiger partial charge in [0, 0.05) is 74.6 Å². The van der Waals surface area contributed by atoms with E-state index in [0.29, 0.717) is 29.1 Å². The third kappa shape index (κ3) is 7.47. The number of halogens is 1. The number of carbonyl (C=O) groups excluding carboxylic acids is 1. The molecule has 0 spiro atoms. The maximum absolute atomic E-state index is 15.7. The number of hydrogen-bond donors (Lipinski definition) is 1. The van der Waals surface area contributed by atoms with Crippen molar-refractivity contribution in [2.45, 2.75) is 33.4 Å². The van der Waals surface area contributed by atoms with Crippen molar-refractivity contribution in [2.24, 2.45) is 7.05 Å². The molecule has 50 heavy (non-hydrogen) atoms. The average Bonchev–Trinajstić information content (AvgIpc) is 3.58. The van der Waals surface area contributed by atoms with Gasteiger partial charge in [-0.05, 0) is 51.2 Å². The number of ether oxygens (including phenoxy) is 1. The standard InChI is InChI=1S/C37H43FN8O4/c1-6-44(7-2)29-11-8-25-18-26(37(48)50-35(25)20-29)9-10-28-19-34(45-16-14-42(3)15-17-45)30-21-31(38)32(22-33(30)43(28)4)39-23-27-24-46(41-40-27)13-12-36(47)49-5/h8-11,18-22,24H,6-7,12-17,23H2,1-5H3/p+1/b10-9+. The van der Waals surface area contributed by atoms with Crippen molar-refractivity contribution in [1.82, 2.24) is 19.9 Å². The Morgan fingerprint density at radius 1 is 1.10 bits per heavy atom. The summed E-state index contributed by atoms with van der Waals surface area (Å²) in [6.45, 7) is 9.89. The summed E-state index contributed by atoms with van der Waals surface area (Å²) in [6, 6.07) is 13.2. The van der Waals surface area contributed by atoms with Gasteiger partial charge in [0.25, 0.3) is 0 Å². The molecule has 0 radical (unpaired) electrons. The van der Waals surface area contributed by atoms with Crippen LogP contribution < -0.4 is 25.3 Å². The number of esters is 1. The zero-order chi connectivity index (χ0) is 35.4. The van der Waals surface area contributed by atoms with Crippen LogP contribution >= 0.6 is 0 Å². The summed E-state index contributed by atoms with van der Waals surface area (Å²) in [5.41, 5.74) is 5.11. The molecule has 4 heterocycles. The average molecular weight is 684 g/mol. The maximum atomic E-state index is 15.7. The minimum absolute atomic E-state index is 0.179. The van der Waals surface area contributed by atoms with Gasteiger partial charge in [-0.3, -0.25) is 9.48 Å². The second-order valence-corrected chi connectivity index (χ2v) is 12.5. The second-order valence-electron chi connectivity index (χ2n) is 12.5. The number of pyridine rings is 1. The zero-order valence-electron chi connectivity index (χ0n) is 29.3. The molecule has 12 nitrogen and oxygen atoms in total. The largest absolute Gasteiger partial charge is 0.469 e. The van der Waals surface area contributed by atoms with Gasteiger partial charge in [0.2, 0.25) is 11.2 Å². The normalized spacial score (nSPS) is 13.8. The Bertz CT molecular complexity index is 2100. The molecule has 0 aliphatic carbocycles. The Kier molecular flexibility index (Phi) is 10.4. The van der Waals surface area contributed by atoms with Gasteiger partial charge in [-0.2, -0.15) is 4.57 Å². The number of aromatic nitrogens is 4. The summed E-state index contributed by atoms with van der Waals surface area (Å²) in [5.74, 6) is -0.714. The maximum Gasteiger partial charge on any atom is 0.343 e. The highest BCUT2D eigenvalue weighted by atomic mass is 19.1. The molecule has 1 saturated heterocycles. The van der Waals surface area contributed by atoms with Crippen LogP contribution in [0.2, 0.25) is 0 Å². The Morgan fingerprint density at radius 2 is 1.88 bits per heavy atom. The molecule has 1 aliphatic heterocycles. The van der Waals surface area contributed by atoms with Gasteiger partial charge < -0.3 is 29.2 Å². The van der Waals surface area contributed by atoms with Gasteiger partial charge >= 0.3 is 11.6 Å². The first-order chi connectivity index (χ1) is 24.2. The number of hydrogen-bond acceptors (Lipinski definition) is 10. The van der Waals surface area contributed by atoms with E-state index in [4.69, 9.17) is 9.15 Å². The third-order valence-corrected chi connectivity index (χ3v) is 9.37. The van der Waals surface area contributed by atoms with Gasteiger partial charge in [-0.1, -0.05) is 5.21 Å². The number of nitrogens with zero attached hydrogens (tertiary/aromatic N) is 7. The minimum atomic E-state index is -0.413. The van der Waals surface area contributed by atoms with Crippen LogP contribution in [0.25, 0.3) is 34.0 Å². The predicted molar refractivity (Wildman–Crippen MR) is 194 cm³/mol. The van der Waals surface area contributed by atoms with Crippen LogP contribution in [0.5, 0.6) is 0 Å². The number of nitrogens with one attached hydrogen (secondary N) is 1. The van der Waals surface area contributed by atoms with Crippen LogP contribution in [-0.4, -0.2) is 79.3 Å². The molecule has 0 bridgehead atoms. The summed E-state index contributed by atoms with van der Waals surface area (Å²) in [4.78, 5) is 31.4.